The number of fused-ring (bicyclic) bond motifs is 2. The quantitative estimate of drug-likeness (QED) is 0.798. The lowest BCUT2D eigenvalue weighted by atomic mass is 10.00. The summed E-state index contributed by atoms with van der Waals surface area (Å²) in [5.41, 5.74) is 0. The molecule has 2 bridgehead atoms. The Hall–Kier alpha value is -1.55. The number of carbonyl (C=O) groups is 1. The number of nitrogens with one attached hydrogen (secondary N) is 2. The van der Waals surface area contributed by atoms with Crippen LogP contribution < -0.4 is 10.6 Å². The summed E-state index contributed by atoms with van der Waals surface area (Å²) in [6.45, 7) is 0. The highest BCUT2D eigenvalue weighted by molar-refractivity contribution is 5.91. The normalized spacial score (nSPS) is 30.8. The van der Waals surface area contributed by atoms with Gasteiger partial charge in [0, 0.05) is 24.2 Å². The van der Waals surface area contributed by atoms with Crippen molar-refractivity contribution in [2.24, 2.45) is 0 Å². The molecule has 18 heavy (non-hydrogen) atoms. The third-order valence-corrected chi connectivity index (χ3v) is 3.76. The summed E-state index contributed by atoms with van der Waals surface area (Å²) in [7, 11) is 0. The van der Waals surface area contributed by atoms with Gasteiger partial charge < -0.3 is 15.1 Å². The molecule has 2 atom stereocenters. The van der Waals surface area contributed by atoms with Crippen LogP contribution in [-0.2, 0) is 4.79 Å². The topological polar surface area (TPSA) is 54.3 Å². The number of furan rings is 1. The van der Waals surface area contributed by atoms with E-state index in [1.807, 2.05) is 12.1 Å². The third-order valence-electron chi connectivity index (χ3n) is 3.76. The Balaban J connectivity index is 1.52. The summed E-state index contributed by atoms with van der Waals surface area (Å²) in [6.07, 6.45) is 9.45. The van der Waals surface area contributed by atoms with Crippen LogP contribution in [0.1, 0.15) is 31.4 Å². The fraction of sp³-hybridized carbons (Fsp3) is 0.500. The van der Waals surface area contributed by atoms with Crippen LogP contribution in [0.2, 0.25) is 0 Å². The molecule has 2 aliphatic rings. The maximum Gasteiger partial charge on any atom is 0.244 e. The van der Waals surface area contributed by atoms with Crippen LogP contribution in [0.4, 0.5) is 0 Å². The summed E-state index contributed by atoms with van der Waals surface area (Å²) in [6, 6.07) is 5.15. The standard InChI is InChI=1S/C14H18N2O2/c17-14(6-5-13-2-1-7-18-13)16-12-8-10-3-4-11(9-12)15-10/h1-2,5-7,10-12,15H,3-4,8-9H2,(H,16,17)/b6-5+. The molecule has 2 unspecified atom stereocenters. The number of amides is 1. The molecule has 0 aromatic carbocycles. The number of piperidine rings is 1. The van der Waals surface area contributed by atoms with Crippen molar-refractivity contribution < 1.29 is 9.21 Å². The fourth-order valence-electron chi connectivity index (χ4n) is 2.97. The fourth-order valence-corrected chi connectivity index (χ4v) is 2.97. The molecule has 96 valence electrons. The molecule has 1 aromatic rings. The van der Waals surface area contributed by atoms with Gasteiger partial charge in [0.2, 0.25) is 5.91 Å². The summed E-state index contributed by atoms with van der Waals surface area (Å²) in [5.74, 6) is 0.674. The van der Waals surface area contributed by atoms with Crippen molar-refractivity contribution in [1.82, 2.24) is 10.6 Å². The zero-order valence-electron chi connectivity index (χ0n) is 10.3. The van der Waals surface area contributed by atoms with Crippen molar-refractivity contribution in [2.75, 3.05) is 0 Å². The van der Waals surface area contributed by atoms with Crippen LogP contribution in [0.5, 0.6) is 0 Å². The van der Waals surface area contributed by atoms with Gasteiger partial charge in [-0.2, -0.15) is 0 Å². The Bertz CT molecular complexity index is 427. The van der Waals surface area contributed by atoms with E-state index >= 15 is 0 Å². The Morgan fingerprint density at radius 2 is 2.17 bits per heavy atom. The molecule has 1 aromatic heterocycles. The molecule has 2 fully saturated rings. The van der Waals surface area contributed by atoms with E-state index in [9.17, 15) is 4.79 Å². The Morgan fingerprint density at radius 1 is 1.39 bits per heavy atom. The first kappa shape index (κ1) is 11.5. The first-order chi connectivity index (χ1) is 8.79. The molecule has 4 nitrogen and oxygen atoms in total. The van der Waals surface area contributed by atoms with Crippen molar-refractivity contribution in [3.05, 3.63) is 30.2 Å². The van der Waals surface area contributed by atoms with Crippen molar-refractivity contribution >= 4 is 12.0 Å². The molecule has 2 aliphatic heterocycles. The monoisotopic (exact) mass is 246 g/mol. The van der Waals surface area contributed by atoms with Gasteiger partial charge in [-0.15, -0.1) is 0 Å². The van der Waals surface area contributed by atoms with Crippen LogP contribution in [0, 0.1) is 0 Å². The van der Waals surface area contributed by atoms with Crippen molar-refractivity contribution in [3.8, 4) is 0 Å². The van der Waals surface area contributed by atoms with Crippen molar-refractivity contribution in [3.63, 3.8) is 0 Å². The van der Waals surface area contributed by atoms with Gasteiger partial charge in [0.05, 0.1) is 6.26 Å². The van der Waals surface area contributed by atoms with E-state index in [4.69, 9.17) is 4.42 Å². The first-order valence-electron chi connectivity index (χ1n) is 6.58. The number of rotatable bonds is 3. The minimum Gasteiger partial charge on any atom is -0.465 e. The Labute approximate surface area is 106 Å². The summed E-state index contributed by atoms with van der Waals surface area (Å²) in [4.78, 5) is 11.8. The summed E-state index contributed by atoms with van der Waals surface area (Å²) in [5, 5.41) is 6.64. The number of hydrogen-bond acceptors (Lipinski definition) is 3. The average molecular weight is 246 g/mol. The molecule has 0 spiro atoms. The van der Waals surface area contributed by atoms with Crippen molar-refractivity contribution in [1.29, 1.82) is 0 Å². The van der Waals surface area contributed by atoms with Crippen LogP contribution in [0.3, 0.4) is 0 Å². The second-order valence-corrected chi connectivity index (χ2v) is 5.16. The van der Waals surface area contributed by atoms with Crippen LogP contribution in [0.25, 0.3) is 6.08 Å². The van der Waals surface area contributed by atoms with E-state index in [0.717, 1.165) is 12.8 Å². The highest BCUT2D eigenvalue weighted by Gasteiger charge is 2.33. The van der Waals surface area contributed by atoms with E-state index in [-0.39, 0.29) is 5.91 Å². The van der Waals surface area contributed by atoms with Gasteiger partial charge in [-0.1, -0.05) is 0 Å². The highest BCUT2D eigenvalue weighted by Crippen LogP contribution is 2.26. The van der Waals surface area contributed by atoms with Crippen LogP contribution in [0.15, 0.2) is 28.9 Å². The molecule has 3 rings (SSSR count). The SMILES string of the molecule is O=C(/C=C/c1ccco1)NC1CC2CCC(C1)N2. The maximum absolute atomic E-state index is 11.8. The molecule has 0 aliphatic carbocycles. The molecule has 1 amide bonds. The lowest BCUT2D eigenvalue weighted by Crippen LogP contribution is -2.47. The summed E-state index contributed by atoms with van der Waals surface area (Å²) < 4.78 is 5.14. The van der Waals surface area contributed by atoms with Crippen LogP contribution >= 0.6 is 0 Å². The molecule has 4 heteroatoms. The average Bonchev–Trinajstić information content (AvgIpc) is 2.97. The Morgan fingerprint density at radius 3 is 2.83 bits per heavy atom. The van der Waals surface area contributed by atoms with E-state index in [1.54, 1.807) is 18.4 Å². The second kappa shape index (κ2) is 4.98. The van der Waals surface area contributed by atoms with Gasteiger partial charge in [-0.3, -0.25) is 4.79 Å². The van der Waals surface area contributed by atoms with Gasteiger partial charge in [-0.25, -0.2) is 0 Å². The highest BCUT2D eigenvalue weighted by atomic mass is 16.3. The largest absolute Gasteiger partial charge is 0.465 e. The zero-order chi connectivity index (χ0) is 12.4. The molecular weight excluding hydrogens is 228 g/mol. The minimum absolute atomic E-state index is 0.0299. The van der Waals surface area contributed by atoms with Crippen LogP contribution in [-0.4, -0.2) is 24.0 Å². The van der Waals surface area contributed by atoms with Gasteiger partial charge in [0.15, 0.2) is 0 Å². The van der Waals surface area contributed by atoms with Crippen molar-refractivity contribution in [2.45, 2.75) is 43.8 Å². The van der Waals surface area contributed by atoms with Gasteiger partial charge in [-0.05, 0) is 43.9 Å². The second-order valence-electron chi connectivity index (χ2n) is 5.16. The van der Waals surface area contributed by atoms with E-state index in [2.05, 4.69) is 10.6 Å². The molecule has 0 saturated carbocycles. The summed E-state index contributed by atoms with van der Waals surface area (Å²) >= 11 is 0. The Kier molecular flexibility index (Phi) is 3.19. The minimum atomic E-state index is -0.0299. The first-order valence-corrected chi connectivity index (χ1v) is 6.58. The van der Waals surface area contributed by atoms with Gasteiger partial charge in [0.25, 0.3) is 0 Å². The predicted octanol–water partition coefficient (Wildman–Crippen LogP) is 1.69. The predicted molar refractivity (Wildman–Crippen MR) is 68.9 cm³/mol. The molecule has 2 N–H and O–H groups in total. The molecular formula is C14H18N2O2. The van der Waals surface area contributed by atoms with E-state index in [0.29, 0.717) is 23.9 Å². The smallest absolute Gasteiger partial charge is 0.244 e. The van der Waals surface area contributed by atoms with E-state index < -0.39 is 0 Å². The zero-order valence-corrected chi connectivity index (χ0v) is 10.3. The van der Waals surface area contributed by atoms with Gasteiger partial charge >= 0.3 is 0 Å². The lowest BCUT2D eigenvalue weighted by molar-refractivity contribution is -0.117. The third kappa shape index (κ3) is 2.64. The van der Waals surface area contributed by atoms with Gasteiger partial charge in [0.1, 0.15) is 5.76 Å². The molecule has 3 heterocycles. The van der Waals surface area contributed by atoms with E-state index in [1.165, 1.54) is 12.8 Å². The maximum atomic E-state index is 11.8. The number of hydrogen-bond donors (Lipinski definition) is 2. The number of carbonyl (C=O) groups excluding carboxylic acids is 1. The molecule has 2 saturated heterocycles. The molecule has 0 radical (unpaired) electrons. The lowest BCUT2D eigenvalue weighted by Gasteiger charge is -2.29.